The summed E-state index contributed by atoms with van der Waals surface area (Å²) in [7, 11) is -0.194. The lowest BCUT2D eigenvalue weighted by Gasteiger charge is -2.21. The molecule has 6 nitrogen and oxygen atoms in total. The van der Waals surface area contributed by atoms with Crippen LogP contribution in [0.1, 0.15) is 33.7 Å². The van der Waals surface area contributed by atoms with Gasteiger partial charge in [0.2, 0.25) is 0 Å². The topological polar surface area (TPSA) is 76.0 Å². The summed E-state index contributed by atoms with van der Waals surface area (Å²) in [6.07, 6.45) is -0.235. The average molecular weight is 493 g/mol. The Balaban J connectivity index is 1.57. The van der Waals surface area contributed by atoms with Crippen LogP contribution in [-0.4, -0.2) is 31.6 Å². The normalized spacial score (nSPS) is 18.3. The largest absolute Gasteiger partial charge is 0.416 e. The van der Waals surface area contributed by atoms with Gasteiger partial charge in [-0.1, -0.05) is 36.4 Å². The molecule has 3 aromatic rings. The third-order valence-corrected chi connectivity index (χ3v) is 7.55. The van der Waals surface area contributed by atoms with Crippen molar-refractivity contribution >= 4 is 10.0 Å². The molecule has 0 radical (unpaired) electrons. The summed E-state index contributed by atoms with van der Waals surface area (Å²) in [6.45, 7) is 0.832. The Hall–Kier alpha value is -2.69. The van der Waals surface area contributed by atoms with Gasteiger partial charge in [-0.05, 0) is 66.6 Å². The van der Waals surface area contributed by atoms with Crippen LogP contribution in [0, 0.1) is 5.92 Å². The highest BCUT2D eigenvalue weighted by molar-refractivity contribution is 7.89. The number of nitrogens with one attached hydrogen (secondary N) is 2. The zero-order valence-electron chi connectivity index (χ0n) is 18.9. The second-order valence-corrected chi connectivity index (χ2v) is 10.5. The van der Waals surface area contributed by atoms with Gasteiger partial charge in [-0.3, -0.25) is 0 Å². The van der Waals surface area contributed by atoms with Gasteiger partial charge in [-0.2, -0.15) is 13.2 Å². The van der Waals surface area contributed by atoms with Crippen LogP contribution in [0.3, 0.4) is 0 Å². The number of sulfonamides is 1. The van der Waals surface area contributed by atoms with Crippen molar-refractivity contribution in [3.63, 3.8) is 0 Å². The molecule has 4 rings (SSSR count). The standard InChI is InChI=1S/C24H27F3N4O2S/c1-28-13-19-11-18-7-6-17(12-30-34(32,33)23-14-31(2)15-29-23)10-21(18)22(19)9-16-4-3-5-20(8-16)24(25,26)27/h3-8,10,14-15,19,22,28,30H,9,11-13H2,1-2H3. The molecule has 1 heterocycles. The van der Waals surface area contributed by atoms with E-state index in [-0.39, 0.29) is 23.4 Å². The first-order valence-corrected chi connectivity index (χ1v) is 12.4. The van der Waals surface area contributed by atoms with E-state index in [9.17, 15) is 21.6 Å². The number of benzene rings is 2. The van der Waals surface area contributed by atoms with Crippen LogP contribution in [0.4, 0.5) is 13.2 Å². The van der Waals surface area contributed by atoms with Crippen LogP contribution in [0.15, 0.2) is 60.0 Å². The van der Waals surface area contributed by atoms with Crippen LogP contribution in [0.5, 0.6) is 0 Å². The number of hydrogen-bond donors (Lipinski definition) is 2. The Labute approximate surface area is 197 Å². The van der Waals surface area contributed by atoms with Gasteiger partial charge in [0.15, 0.2) is 5.03 Å². The number of rotatable bonds is 8. The quantitative estimate of drug-likeness (QED) is 0.504. The van der Waals surface area contributed by atoms with E-state index in [0.717, 1.165) is 35.7 Å². The number of alkyl halides is 3. The minimum absolute atomic E-state index is 0.0262. The van der Waals surface area contributed by atoms with Crippen LogP contribution in [0.25, 0.3) is 0 Å². The first-order chi connectivity index (χ1) is 16.1. The van der Waals surface area contributed by atoms with Crippen LogP contribution in [-0.2, 0) is 42.6 Å². The fourth-order valence-electron chi connectivity index (χ4n) is 4.63. The highest BCUT2D eigenvalue weighted by atomic mass is 32.2. The highest BCUT2D eigenvalue weighted by Gasteiger charge is 2.34. The van der Waals surface area contributed by atoms with Gasteiger partial charge < -0.3 is 9.88 Å². The fourth-order valence-corrected chi connectivity index (χ4v) is 5.62. The molecule has 2 aromatic carbocycles. The van der Waals surface area contributed by atoms with Gasteiger partial charge in [0.1, 0.15) is 0 Å². The monoisotopic (exact) mass is 492 g/mol. The molecular formula is C24H27F3N4O2S. The van der Waals surface area contributed by atoms with Crippen molar-refractivity contribution in [3.8, 4) is 0 Å². The average Bonchev–Trinajstić information content (AvgIpc) is 3.37. The maximum atomic E-state index is 13.2. The maximum Gasteiger partial charge on any atom is 0.416 e. The van der Waals surface area contributed by atoms with E-state index in [0.29, 0.717) is 12.0 Å². The molecule has 1 aliphatic carbocycles. The molecule has 1 aromatic heterocycles. The lowest BCUT2D eigenvalue weighted by atomic mass is 9.86. The first kappa shape index (κ1) is 24.4. The zero-order chi connectivity index (χ0) is 24.5. The van der Waals surface area contributed by atoms with Crippen LogP contribution in [0.2, 0.25) is 0 Å². The predicted octanol–water partition coefficient (Wildman–Crippen LogP) is 3.64. The fraction of sp³-hybridized carbons (Fsp3) is 0.375. The summed E-state index contributed by atoms with van der Waals surface area (Å²) in [5.74, 6) is 0.258. The Bertz CT molecular complexity index is 1270. The second-order valence-electron chi connectivity index (χ2n) is 8.77. The van der Waals surface area contributed by atoms with Crippen molar-refractivity contribution in [3.05, 3.63) is 82.8 Å². The Kier molecular flexibility index (Phi) is 6.84. The SMILES string of the molecule is CNCC1Cc2ccc(CNS(=O)(=O)c3cn(C)cn3)cc2C1Cc1cccc(C(F)(F)F)c1. The van der Waals surface area contributed by atoms with Crippen molar-refractivity contribution < 1.29 is 21.6 Å². The molecule has 0 saturated heterocycles. The second kappa shape index (κ2) is 9.52. The van der Waals surface area contributed by atoms with Gasteiger partial charge in [-0.15, -0.1) is 0 Å². The minimum atomic E-state index is -4.38. The Morgan fingerprint density at radius 3 is 2.62 bits per heavy atom. The molecule has 1 aliphatic rings. The number of aromatic nitrogens is 2. The van der Waals surface area contributed by atoms with E-state index < -0.39 is 21.8 Å². The van der Waals surface area contributed by atoms with Gasteiger partial charge >= 0.3 is 6.18 Å². The molecule has 2 unspecified atom stereocenters. The number of imidazole rings is 1. The Morgan fingerprint density at radius 2 is 1.94 bits per heavy atom. The molecule has 182 valence electrons. The zero-order valence-corrected chi connectivity index (χ0v) is 19.7. The number of aryl methyl sites for hydroxylation is 1. The minimum Gasteiger partial charge on any atom is -0.339 e. The predicted molar refractivity (Wildman–Crippen MR) is 123 cm³/mol. The molecule has 0 spiro atoms. The molecule has 34 heavy (non-hydrogen) atoms. The smallest absolute Gasteiger partial charge is 0.339 e. The summed E-state index contributed by atoms with van der Waals surface area (Å²) < 4.78 is 68.8. The number of fused-ring (bicyclic) bond motifs is 1. The molecule has 0 saturated carbocycles. The third-order valence-electron chi connectivity index (χ3n) is 6.26. The highest BCUT2D eigenvalue weighted by Crippen LogP contribution is 2.41. The molecule has 2 atom stereocenters. The van der Waals surface area contributed by atoms with Gasteiger partial charge in [0.05, 0.1) is 11.9 Å². The number of halogens is 3. The van der Waals surface area contributed by atoms with Crippen molar-refractivity contribution in [2.45, 2.75) is 36.5 Å². The first-order valence-electron chi connectivity index (χ1n) is 11.0. The van der Waals surface area contributed by atoms with Crippen molar-refractivity contribution in [1.29, 1.82) is 0 Å². The van der Waals surface area contributed by atoms with Crippen LogP contribution < -0.4 is 10.0 Å². The van der Waals surface area contributed by atoms with E-state index in [4.69, 9.17) is 0 Å². The molecule has 0 fully saturated rings. The van der Waals surface area contributed by atoms with Gasteiger partial charge in [0.25, 0.3) is 10.0 Å². The Morgan fingerprint density at radius 1 is 1.15 bits per heavy atom. The van der Waals surface area contributed by atoms with E-state index in [1.807, 2.05) is 25.2 Å². The molecule has 0 aliphatic heterocycles. The molecule has 2 N–H and O–H groups in total. The summed E-state index contributed by atoms with van der Waals surface area (Å²) in [4.78, 5) is 3.90. The molecule has 10 heteroatoms. The summed E-state index contributed by atoms with van der Waals surface area (Å²) in [6, 6.07) is 11.3. The van der Waals surface area contributed by atoms with Crippen LogP contribution >= 0.6 is 0 Å². The summed E-state index contributed by atoms with van der Waals surface area (Å²) in [5, 5.41) is 3.15. The summed E-state index contributed by atoms with van der Waals surface area (Å²) in [5.41, 5.74) is 2.99. The lowest BCUT2D eigenvalue weighted by Crippen LogP contribution is -2.24. The van der Waals surface area contributed by atoms with Crippen molar-refractivity contribution in [1.82, 2.24) is 19.6 Å². The summed E-state index contributed by atoms with van der Waals surface area (Å²) >= 11 is 0. The molecule has 0 amide bonds. The third kappa shape index (κ3) is 5.34. The van der Waals surface area contributed by atoms with E-state index in [2.05, 4.69) is 15.0 Å². The van der Waals surface area contributed by atoms with Gasteiger partial charge in [0, 0.05) is 19.8 Å². The molecular weight excluding hydrogens is 465 g/mol. The maximum absolute atomic E-state index is 13.2. The lowest BCUT2D eigenvalue weighted by molar-refractivity contribution is -0.137. The van der Waals surface area contributed by atoms with E-state index in [1.54, 1.807) is 17.7 Å². The van der Waals surface area contributed by atoms with Gasteiger partial charge in [-0.25, -0.2) is 18.1 Å². The van der Waals surface area contributed by atoms with E-state index >= 15 is 0 Å². The molecule has 0 bridgehead atoms. The van der Waals surface area contributed by atoms with Crippen molar-refractivity contribution in [2.75, 3.05) is 13.6 Å². The van der Waals surface area contributed by atoms with Crippen molar-refractivity contribution in [2.24, 2.45) is 13.0 Å². The van der Waals surface area contributed by atoms with E-state index in [1.165, 1.54) is 24.7 Å². The number of nitrogens with zero attached hydrogens (tertiary/aromatic N) is 2. The number of hydrogen-bond acceptors (Lipinski definition) is 4.